The largest absolute Gasteiger partial charge is 0.424 e. The lowest BCUT2D eigenvalue weighted by atomic mass is 9.89. The van der Waals surface area contributed by atoms with Gasteiger partial charge in [-0.2, -0.15) is 10.2 Å². The number of hydrogen-bond acceptors (Lipinski definition) is 5. The third-order valence-corrected chi connectivity index (χ3v) is 6.57. The van der Waals surface area contributed by atoms with Crippen LogP contribution in [0.5, 0.6) is 0 Å². The molecule has 0 bridgehead atoms. The van der Waals surface area contributed by atoms with Gasteiger partial charge >= 0.3 is 0 Å². The van der Waals surface area contributed by atoms with Crippen LogP contribution in [0.25, 0.3) is 11.1 Å². The molecular formula is C26H32N4O. The van der Waals surface area contributed by atoms with Gasteiger partial charge in [0.15, 0.2) is 5.58 Å². The molecule has 0 spiro atoms. The highest BCUT2D eigenvalue weighted by Crippen LogP contribution is 2.27. The van der Waals surface area contributed by atoms with Gasteiger partial charge in [0.1, 0.15) is 5.52 Å². The van der Waals surface area contributed by atoms with Gasteiger partial charge in [-0.05, 0) is 80.8 Å². The number of rotatable bonds is 8. The summed E-state index contributed by atoms with van der Waals surface area (Å²) in [6, 6.07) is 17.6. The van der Waals surface area contributed by atoms with E-state index in [4.69, 9.17) is 9.68 Å². The fourth-order valence-electron chi connectivity index (χ4n) is 4.64. The number of nitriles is 1. The van der Waals surface area contributed by atoms with E-state index in [1.807, 2.05) is 37.3 Å². The number of fused-ring (bicyclic) bond motifs is 1. The monoisotopic (exact) mass is 416 g/mol. The molecule has 0 aliphatic carbocycles. The molecule has 162 valence electrons. The molecule has 1 N–H and O–H groups in total. The summed E-state index contributed by atoms with van der Waals surface area (Å²) in [6.07, 6.45) is 5.78. The number of oxazole rings is 1. The number of piperidine rings is 1. The van der Waals surface area contributed by atoms with Crippen LogP contribution in [0, 0.1) is 18.3 Å². The molecular weight excluding hydrogens is 384 g/mol. The topological polar surface area (TPSA) is 65.1 Å². The fourth-order valence-corrected chi connectivity index (χ4v) is 4.64. The van der Waals surface area contributed by atoms with E-state index in [1.54, 1.807) is 0 Å². The first-order chi connectivity index (χ1) is 15.2. The number of hydrogen-bond donors (Lipinski definition) is 1. The third kappa shape index (κ3) is 5.26. The van der Waals surface area contributed by atoms with Gasteiger partial charge in [-0.25, -0.2) is 0 Å². The molecule has 0 amide bonds. The average molecular weight is 417 g/mol. The van der Waals surface area contributed by atoms with Crippen LogP contribution in [-0.2, 0) is 0 Å². The van der Waals surface area contributed by atoms with Crippen molar-refractivity contribution < 1.29 is 4.42 Å². The zero-order valence-corrected chi connectivity index (χ0v) is 18.6. The Morgan fingerprint density at radius 3 is 2.74 bits per heavy atom. The highest BCUT2D eigenvalue weighted by atomic mass is 16.4. The van der Waals surface area contributed by atoms with Crippen LogP contribution in [0.3, 0.4) is 0 Å². The first-order valence-corrected chi connectivity index (χ1v) is 11.5. The lowest BCUT2D eigenvalue weighted by Crippen LogP contribution is -2.39. The van der Waals surface area contributed by atoms with Crippen molar-refractivity contribution in [1.82, 2.24) is 9.88 Å². The molecule has 1 aromatic heterocycles. The number of para-hydroxylation sites is 2. The van der Waals surface area contributed by atoms with Gasteiger partial charge in [-0.1, -0.05) is 31.2 Å². The minimum atomic E-state index is 0.425. The second-order valence-corrected chi connectivity index (χ2v) is 8.68. The molecule has 1 aliphatic rings. The number of benzene rings is 2. The number of nitrogens with one attached hydrogen (secondary N) is 1. The second-order valence-electron chi connectivity index (χ2n) is 8.68. The molecule has 1 fully saturated rings. The van der Waals surface area contributed by atoms with E-state index in [-0.39, 0.29) is 0 Å². The average Bonchev–Trinajstić information content (AvgIpc) is 3.20. The Labute approximate surface area is 185 Å². The number of aromatic nitrogens is 1. The van der Waals surface area contributed by atoms with E-state index in [1.165, 1.54) is 18.4 Å². The van der Waals surface area contributed by atoms with E-state index in [9.17, 15) is 0 Å². The second kappa shape index (κ2) is 9.98. The van der Waals surface area contributed by atoms with Crippen LogP contribution in [0.2, 0.25) is 0 Å². The summed E-state index contributed by atoms with van der Waals surface area (Å²) < 4.78 is 5.81. The SMILES string of the molecule is CCC(CCCN1CCC(Nc2nc3ccccc3o2)CC1)c1ccc(C#N)c(C)c1. The Bertz CT molecular complexity index is 1010. The first kappa shape index (κ1) is 21.4. The molecule has 0 saturated carbocycles. The van der Waals surface area contributed by atoms with Crippen molar-refractivity contribution >= 4 is 17.1 Å². The number of anilines is 1. The highest BCUT2D eigenvalue weighted by Gasteiger charge is 2.21. The van der Waals surface area contributed by atoms with Gasteiger partial charge < -0.3 is 14.6 Å². The Morgan fingerprint density at radius 1 is 1.23 bits per heavy atom. The maximum absolute atomic E-state index is 9.16. The number of aryl methyl sites for hydroxylation is 1. The van der Waals surface area contributed by atoms with Crippen LogP contribution >= 0.6 is 0 Å². The molecule has 1 saturated heterocycles. The van der Waals surface area contributed by atoms with E-state index < -0.39 is 0 Å². The molecule has 31 heavy (non-hydrogen) atoms. The Hall–Kier alpha value is -2.84. The van der Waals surface area contributed by atoms with Crippen molar-refractivity contribution in [2.24, 2.45) is 0 Å². The van der Waals surface area contributed by atoms with Crippen molar-refractivity contribution in [3.8, 4) is 6.07 Å². The summed E-state index contributed by atoms with van der Waals surface area (Å²) in [5, 5.41) is 12.6. The molecule has 0 radical (unpaired) electrons. The predicted molar refractivity (Wildman–Crippen MR) is 125 cm³/mol. The van der Waals surface area contributed by atoms with Crippen molar-refractivity contribution in [2.75, 3.05) is 25.0 Å². The van der Waals surface area contributed by atoms with E-state index in [2.05, 4.69) is 40.3 Å². The van der Waals surface area contributed by atoms with Gasteiger partial charge in [0.2, 0.25) is 0 Å². The normalized spacial score (nSPS) is 16.3. The summed E-state index contributed by atoms with van der Waals surface area (Å²) in [7, 11) is 0. The molecule has 1 aliphatic heterocycles. The molecule has 2 heterocycles. The molecule has 4 rings (SSSR count). The summed E-state index contributed by atoms with van der Waals surface area (Å²) in [5.41, 5.74) is 5.00. The minimum Gasteiger partial charge on any atom is -0.424 e. The van der Waals surface area contributed by atoms with Gasteiger partial charge in [0.25, 0.3) is 6.01 Å². The van der Waals surface area contributed by atoms with E-state index in [0.29, 0.717) is 18.0 Å². The smallest absolute Gasteiger partial charge is 0.295 e. The van der Waals surface area contributed by atoms with Crippen LogP contribution < -0.4 is 5.32 Å². The zero-order valence-electron chi connectivity index (χ0n) is 18.6. The van der Waals surface area contributed by atoms with Crippen LogP contribution in [0.1, 0.15) is 61.6 Å². The van der Waals surface area contributed by atoms with Gasteiger partial charge in [-0.3, -0.25) is 0 Å². The fraction of sp³-hybridized carbons (Fsp3) is 0.462. The van der Waals surface area contributed by atoms with Gasteiger partial charge in [0, 0.05) is 19.1 Å². The van der Waals surface area contributed by atoms with Crippen molar-refractivity contribution in [1.29, 1.82) is 5.26 Å². The summed E-state index contributed by atoms with van der Waals surface area (Å²) in [6.45, 7) is 7.69. The molecule has 1 unspecified atom stereocenters. The Balaban J connectivity index is 1.21. The number of nitrogens with zero attached hydrogens (tertiary/aromatic N) is 3. The Kier molecular flexibility index (Phi) is 6.89. The van der Waals surface area contributed by atoms with Crippen molar-refractivity contribution in [3.63, 3.8) is 0 Å². The van der Waals surface area contributed by atoms with Crippen molar-refractivity contribution in [2.45, 2.75) is 57.9 Å². The van der Waals surface area contributed by atoms with E-state index in [0.717, 1.165) is 61.1 Å². The molecule has 5 nitrogen and oxygen atoms in total. The first-order valence-electron chi connectivity index (χ1n) is 11.5. The maximum Gasteiger partial charge on any atom is 0.295 e. The maximum atomic E-state index is 9.16. The molecule has 5 heteroatoms. The van der Waals surface area contributed by atoms with Crippen LogP contribution in [0.15, 0.2) is 46.9 Å². The zero-order chi connectivity index (χ0) is 21.6. The third-order valence-electron chi connectivity index (χ3n) is 6.57. The molecule has 2 aromatic carbocycles. The van der Waals surface area contributed by atoms with Crippen LogP contribution in [-0.4, -0.2) is 35.6 Å². The summed E-state index contributed by atoms with van der Waals surface area (Å²) in [4.78, 5) is 7.13. The highest BCUT2D eigenvalue weighted by molar-refractivity contribution is 5.74. The standard InChI is InChI=1S/C26H32N4O/c1-3-20(21-10-11-22(18-27)19(2)17-21)7-6-14-30-15-12-23(13-16-30)28-26-29-24-8-4-5-9-25(24)31-26/h4-5,8-11,17,20,23H,3,6-7,12-16H2,1-2H3,(H,28,29). The quantitative estimate of drug-likeness (QED) is 0.498. The predicted octanol–water partition coefficient (Wildman–Crippen LogP) is 5.86. The van der Waals surface area contributed by atoms with Crippen molar-refractivity contribution in [3.05, 3.63) is 59.2 Å². The molecule has 3 aromatic rings. The molecule has 1 atom stereocenters. The lowest BCUT2D eigenvalue weighted by molar-refractivity contribution is 0.212. The van der Waals surface area contributed by atoms with Gasteiger partial charge in [-0.15, -0.1) is 0 Å². The van der Waals surface area contributed by atoms with Gasteiger partial charge in [0.05, 0.1) is 11.6 Å². The van der Waals surface area contributed by atoms with Crippen LogP contribution in [0.4, 0.5) is 6.01 Å². The lowest BCUT2D eigenvalue weighted by Gasteiger charge is -2.32. The van der Waals surface area contributed by atoms with E-state index >= 15 is 0 Å². The summed E-state index contributed by atoms with van der Waals surface area (Å²) in [5.74, 6) is 0.574. The minimum absolute atomic E-state index is 0.425. The summed E-state index contributed by atoms with van der Waals surface area (Å²) >= 11 is 0. The number of likely N-dealkylation sites (tertiary alicyclic amines) is 1. The Morgan fingerprint density at radius 2 is 2.03 bits per heavy atom.